The maximum Gasteiger partial charge on any atom is 0.317 e. The van der Waals surface area contributed by atoms with Gasteiger partial charge in [-0.3, -0.25) is 0 Å². The molecule has 1 unspecified atom stereocenters. The number of ether oxygens (including phenoxy) is 2. The van der Waals surface area contributed by atoms with E-state index >= 15 is 0 Å². The summed E-state index contributed by atoms with van der Waals surface area (Å²) in [6, 6.07) is 12.2. The van der Waals surface area contributed by atoms with Gasteiger partial charge in [-0.05, 0) is 36.6 Å². The van der Waals surface area contributed by atoms with E-state index in [-0.39, 0.29) is 17.8 Å². The topological polar surface area (TPSA) is 50.8 Å². The van der Waals surface area contributed by atoms with Gasteiger partial charge in [0.1, 0.15) is 5.75 Å². The Morgan fingerprint density at radius 1 is 1.35 bits per heavy atom. The summed E-state index contributed by atoms with van der Waals surface area (Å²) in [6.45, 7) is 0.946. The molecule has 0 aliphatic carbocycles. The van der Waals surface area contributed by atoms with Crippen molar-refractivity contribution < 1.29 is 18.7 Å². The van der Waals surface area contributed by atoms with Gasteiger partial charge in [-0.2, -0.15) is 0 Å². The summed E-state index contributed by atoms with van der Waals surface area (Å²) in [5.74, 6) is 0.569. The van der Waals surface area contributed by atoms with Crippen molar-refractivity contribution in [3.8, 4) is 11.5 Å². The van der Waals surface area contributed by atoms with Crippen molar-refractivity contribution in [2.75, 3.05) is 20.8 Å². The number of carbonyl (C=O) groups is 1. The number of benzene rings is 2. The third-order valence-electron chi connectivity index (χ3n) is 4.47. The number of rotatable bonds is 4. The van der Waals surface area contributed by atoms with Crippen LogP contribution < -0.4 is 14.8 Å². The lowest BCUT2D eigenvalue weighted by molar-refractivity contribution is 0.202. The fraction of sp³-hybridized carbons (Fsp3) is 0.350. The van der Waals surface area contributed by atoms with Crippen LogP contribution in [0.3, 0.4) is 0 Å². The molecule has 2 aromatic carbocycles. The Kier molecular flexibility index (Phi) is 5.61. The average Bonchev–Trinajstić information content (AvgIpc) is 2.84. The molecule has 5 nitrogen and oxygen atoms in total. The van der Waals surface area contributed by atoms with Crippen LogP contribution in [0.25, 0.3) is 0 Å². The first-order valence-corrected chi connectivity index (χ1v) is 8.64. The second kappa shape index (κ2) is 8.08. The SMILES string of the molecule is COc1ccc(CN(C)C(=O)NC2CCCOc3ccccc32)cc1F. The van der Waals surface area contributed by atoms with Crippen LogP contribution in [-0.2, 0) is 6.54 Å². The summed E-state index contributed by atoms with van der Waals surface area (Å²) < 4.78 is 24.5. The molecule has 2 amide bonds. The number of carbonyl (C=O) groups excluding carboxylic acids is 1. The molecule has 26 heavy (non-hydrogen) atoms. The summed E-state index contributed by atoms with van der Waals surface area (Å²) in [4.78, 5) is 14.1. The Labute approximate surface area is 152 Å². The van der Waals surface area contributed by atoms with E-state index in [1.165, 1.54) is 18.1 Å². The number of nitrogens with one attached hydrogen (secondary N) is 1. The maximum atomic E-state index is 13.8. The Balaban J connectivity index is 1.67. The van der Waals surface area contributed by atoms with Crippen molar-refractivity contribution in [3.05, 3.63) is 59.4 Å². The van der Waals surface area contributed by atoms with Crippen molar-refractivity contribution in [3.63, 3.8) is 0 Å². The molecular formula is C20H23FN2O3. The van der Waals surface area contributed by atoms with E-state index in [0.717, 1.165) is 24.2 Å². The standard InChI is InChI=1S/C20H23FN2O3/c1-23(13-14-9-10-19(25-2)16(21)12-14)20(24)22-17-7-5-11-26-18-8-4-3-6-15(17)18/h3-4,6,8-10,12,17H,5,7,11,13H2,1-2H3,(H,22,24). The number of halogens is 1. The van der Waals surface area contributed by atoms with Gasteiger partial charge in [0.15, 0.2) is 11.6 Å². The molecule has 1 aliphatic heterocycles. The van der Waals surface area contributed by atoms with Crippen LogP contribution in [0.2, 0.25) is 0 Å². The van der Waals surface area contributed by atoms with Crippen LogP contribution in [0, 0.1) is 5.82 Å². The lowest BCUT2D eigenvalue weighted by Gasteiger charge is -2.23. The molecule has 6 heteroatoms. The second-order valence-electron chi connectivity index (χ2n) is 6.36. The Morgan fingerprint density at radius 2 is 2.15 bits per heavy atom. The van der Waals surface area contributed by atoms with Crippen molar-refractivity contribution in [2.45, 2.75) is 25.4 Å². The fourth-order valence-corrected chi connectivity index (χ4v) is 3.09. The number of para-hydroxylation sites is 1. The minimum atomic E-state index is -0.436. The zero-order valence-corrected chi connectivity index (χ0v) is 15.0. The highest BCUT2D eigenvalue weighted by molar-refractivity contribution is 5.74. The van der Waals surface area contributed by atoms with Crippen LogP contribution in [-0.4, -0.2) is 31.7 Å². The van der Waals surface area contributed by atoms with Gasteiger partial charge in [-0.1, -0.05) is 24.3 Å². The second-order valence-corrected chi connectivity index (χ2v) is 6.36. The van der Waals surface area contributed by atoms with Gasteiger partial charge in [0.25, 0.3) is 0 Å². The smallest absolute Gasteiger partial charge is 0.317 e. The molecule has 0 aromatic heterocycles. The molecule has 3 rings (SSSR count). The molecule has 138 valence electrons. The predicted molar refractivity (Wildman–Crippen MR) is 96.9 cm³/mol. The van der Waals surface area contributed by atoms with Crippen LogP contribution in [0.5, 0.6) is 11.5 Å². The van der Waals surface area contributed by atoms with Crippen LogP contribution in [0.4, 0.5) is 9.18 Å². The van der Waals surface area contributed by atoms with E-state index in [1.807, 2.05) is 24.3 Å². The number of amides is 2. The zero-order valence-electron chi connectivity index (χ0n) is 15.0. The number of fused-ring (bicyclic) bond motifs is 1. The molecule has 1 atom stereocenters. The summed E-state index contributed by atoms with van der Waals surface area (Å²) in [7, 11) is 3.11. The van der Waals surface area contributed by atoms with Crippen molar-refractivity contribution >= 4 is 6.03 Å². The summed E-state index contributed by atoms with van der Waals surface area (Å²) in [5.41, 5.74) is 1.69. The maximum absolute atomic E-state index is 13.8. The normalized spacial score (nSPS) is 16.0. The third kappa shape index (κ3) is 4.07. The predicted octanol–water partition coefficient (Wildman–Crippen LogP) is 3.89. The van der Waals surface area contributed by atoms with Crippen LogP contribution in [0.1, 0.15) is 30.0 Å². The van der Waals surface area contributed by atoms with E-state index in [2.05, 4.69) is 5.32 Å². The van der Waals surface area contributed by atoms with Crippen molar-refractivity contribution in [2.24, 2.45) is 0 Å². The minimum Gasteiger partial charge on any atom is -0.494 e. The molecule has 0 fully saturated rings. The number of methoxy groups -OCH3 is 1. The highest BCUT2D eigenvalue weighted by Crippen LogP contribution is 2.31. The summed E-state index contributed by atoms with van der Waals surface area (Å²) >= 11 is 0. The average molecular weight is 358 g/mol. The highest BCUT2D eigenvalue weighted by atomic mass is 19.1. The lowest BCUT2D eigenvalue weighted by Crippen LogP contribution is -2.39. The summed E-state index contributed by atoms with van der Waals surface area (Å²) in [5, 5.41) is 3.06. The van der Waals surface area contributed by atoms with Gasteiger partial charge in [0, 0.05) is 19.2 Å². The van der Waals surface area contributed by atoms with Gasteiger partial charge >= 0.3 is 6.03 Å². The highest BCUT2D eigenvalue weighted by Gasteiger charge is 2.22. The number of nitrogens with zero attached hydrogens (tertiary/aromatic N) is 1. The van der Waals surface area contributed by atoms with E-state index < -0.39 is 5.82 Å². The third-order valence-corrected chi connectivity index (χ3v) is 4.47. The minimum absolute atomic E-state index is 0.101. The largest absolute Gasteiger partial charge is 0.494 e. The molecule has 1 heterocycles. The van der Waals surface area contributed by atoms with Gasteiger partial charge in [-0.25, -0.2) is 9.18 Å². The Bertz CT molecular complexity index is 781. The molecule has 2 aromatic rings. The molecule has 0 radical (unpaired) electrons. The summed E-state index contributed by atoms with van der Waals surface area (Å²) in [6.07, 6.45) is 1.68. The lowest BCUT2D eigenvalue weighted by atomic mass is 10.0. The van der Waals surface area contributed by atoms with Gasteiger partial charge in [-0.15, -0.1) is 0 Å². The van der Waals surface area contributed by atoms with E-state index in [9.17, 15) is 9.18 Å². The molecular weight excluding hydrogens is 335 g/mol. The molecule has 0 spiro atoms. The molecule has 0 bridgehead atoms. The zero-order chi connectivity index (χ0) is 18.5. The van der Waals surface area contributed by atoms with Crippen LogP contribution in [0.15, 0.2) is 42.5 Å². The van der Waals surface area contributed by atoms with E-state index in [4.69, 9.17) is 9.47 Å². The van der Waals surface area contributed by atoms with Gasteiger partial charge in [0.2, 0.25) is 0 Å². The molecule has 1 N–H and O–H groups in total. The number of hydrogen-bond donors (Lipinski definition) is 1. The molecule has 0 saturated carbocycles. The molecule has 0 saturated heterocycles. The van der Waals surface area contributed by atoms with Crippen LogP contribution >= 0.6 is 0 Å². The quantitative estimate of drug-likeness (QED) is 0.902. The first-order valence-electron chi connectivity index (χ1n) is 8.64. The fourth-order valence-electron chi connectivity index (χ4n) is 3.09. The van der Waals surface area contributed by atoms with E-state index in [0.29, 0.717) is 18.7 Å². The first kappa shape index (κ1) is 18.0. The Morgan fingerprint density at radius 3 is 2.92 bits per heavy atom. The van der Waals surface area contributed by atoms with Crippen molar-refractivity contribution in [1.82, 2.24) is 10.2 Å². The van der Waals surface area contributed by atoms with Gasteiger partial charge in [0.05, 0.1) is 19.8 Å². The first-order chi connectivity index (χ1) is 12.6. The monoisotopic (exact) mass is 358 g/mol. The number of urea groups is 1. The Hall–Kier alpha value is -2.76. The molecule has 1 aliphatic rings. The van der Waals surface area contributed by atoms with Crippen molar-refractivity contribution in [1.29, 1.82) is 0 Å². The number of hydrogen-bond acceptors (Lipinski definition) is 3. The van der Waals surface area contributed by atoms with Gasteiger partial charge < -0.3 is 19.7 Å². The van der Waals surface area contributed by atoms with E-state index in [1.54, 1.807) is 19.2 Å².